The fourth-order valence-corrected chi connectivity index (χ4v) is 2.25. The number of aliphatic hydroxyl groups is 2. The Morgan fingerprint density at radius 1 is 1.64 bits per heavy atom. The zero-order chi connectivity index (χ0) is 8.10. The van der Waals surface area contributed by atoms with E-state index < -0.39 is 6.10 Å². The molecule has 1 heterocycles. The lowest BCUT2D eigenvalue weighted by molar-refractivity contribution is 0.0926. The van der Waals surface area contributed by atoms with Crippen LogP contribution in [0.5, 0.6) is 0 Å². The molecule has 0 aliphatic carbocycles. The minimum absolute atomic E-state index is 0.146. The third-order valence-corrected chi connectivity index (χ3v) is 2.95. The number of nitrogens with one attached hydrogen (secondary N) is 1. The molecule has 0 amide bonds. The smallest absolute Gasteiger partial charge is 0.0895 e. The molecule has 3 N–H and O–H groups in total. The average molecular weight is 177 g/mol. The van der Waals surface area contributed by atoms with Crippen molar-refractivity contribution >= 4 is 11.8 Å². The van der Waals surface area contributed by atoms with E-state index in [1.807, 2.05) is 11.8 Å². The highest BCUT2D eigenvalue weighted by atomic mass is 32.2. The molecule has 3 nitrogen and oxygen atoms in total. The van der Waals surface area contributed by atoms with Crippen molar-refractivity contribution in [2.24, 2.45) is 0 Å². The average Bonchev–Trinajstić information content (AvgIpc) is 2.52. The molecule has 0 spiro atoms. The monoisotopic (exact) mass is 177 g/mol. The van der Waals surface area contributed by atoms with Gasteiger partial charge in [-0.2, -0.15) is 11.8 Å². The summed E-state index contributed by atoms with van der Waals surface area (Å²) in [6.07, 6.45) is 0.587. The predicted octanol–water partition coefficient (Wildman–Crippen LogP) is -0.565. The molecular weight excluding hydrogens is 162 g/mol. The number of hydrogen-bond donors (Lipinski definition) is 3. The first-order valence-electron chi connectivity index (χ1n) is 3.93. The normalized spacial score (nSPS) is 27.3. The van der Waals surface area contributed by atoms with Crippen molar-refractivity contribution in [3.63, 3.8) is 0 Å². The van der Waals surface area contributed by atoms with Crippen LogP contribution >= 0.6 is 11.8 Å². The Morgan fingerprint density at radius 2 is 2.45 bits per heavy atom. The van der Waals surface area contributed by atoms with Gasteiger partial charge in [-0.15, -0.1) is 0 Å². The molecule has 0 radical (unpaired) electrons. The predicted molar refractivity (Wildman–Crippen MR) is 46.8 cm³/mol. The van der Waals surface area contributed by atoms with E-state index in [0.717, 1.165) is 5.75 Å². The molecular formula is C7H15NO2S. The Morgan fingerprint density at radius 3 is 3.00 bits per heavy atom. The minimum Gasteiger partial charge on any atom is -0.394 e. The van der Waals surface area contributed by atoms with Gasteiger partial charge in [-0.25, -0.2) is 0 Å². The maximum Gasteiger partial charge on any atom is 0.0895 e. The maximum absolute atomic E-state index is 9.00. The van der Waals surface area contributed by atoms with E-state index in [0.29, 0.717) is 12.6 Å². The summed E-state index contributed by atoms with van der Waals surface area (Å²) in [5.41, 5.74) is 0. The van der Waals surface area contributed by atoms with Gasteiger partial charge < -0.3 is 15.5 Å². The highest BCUT2D eigenvalue weighted by molar-refractivity contribution is 7.99. The third kappa shape index (κ3) is 3.42. The van der Waals surface area contributed by atoms with Crippen molar-refractivity contribution in [2.45, 2.75) is 18.6 Å². The molecule has 1 rings (SSSR count). The number of hydrogen-bond acceptors (Lipinski definition) is 4. The summed E-state index contributed by atoms with van der Waals surface area (Å²) < 4.78 is 0. The van der Waals surface area contributed by atoms with E-state index in [2.05, 4.69) is 5.32 Å². The standard InChI is InChI=1S/C7H15NO2S/c9-4-7(10)3-8-6-1-2-11-5-6/h6-10H,1-5H2. The molecule has 1 saturated heterocycles. The highest BCUT2D eigenvalue weighted by Crippen LogP contribution is 2.16. The molecule has 0 saturated carbocycles. The van der Waals surface area contributed by atoms with Gasteiger partial charge in [-0.3, -0.25) is 0 Å². The summed E-state index contributed by atoms with van der Waals surface area (Å²) in [4.78, 5) is 0. The van der Waals surface area contributed by atoms with Crippen LogP contribution in [-0.2, 0) is 0 Å². The van der Waals surface area contributed by atoms with Gasteiger partial charge in [0, 0.05) is 18.3 Å². The molecule has 0 bridgehead atoms. The van der Waals surface area contributed by atoms with Crippen molar-refractivity contribution in [1.29, 1.82) is 0 Å². The molecule has 1 aliphatic rings. The van der Waals surface area contributed by atoms with Gasteiger partial charge in [0.25, 0.3) is 0 Å². The molecule has 1 aliphatic heterocycles. The fourth-order valence-electron chi connectivity index (χ4n) is 1.06. The fraction of sp³-hybridized carbons (Fsp3) is 1.00. The SMILES string of the molecule is OCC(O)CNC1CCSC1. The first-order chi connectivity index (χ1) is 5.33. The van der Waals surface area contributed by atoms with Crippen molar-refractivity contribution in [1.82, 2.24) is 5.32 Å². The molecule has 11 heavy (non-hydrogen) atoms. The van der Waals surface area contributed by atoms with Crippen LogP contribution in [0.2, 0.25) is 0 Å². The minimum atomic E-state index is -0.597. The van der Waals surface area contributed by atoms with E-state index in [1.165, 1.54) is 12.2 Å². The third-order valence-electron chi connectivity index (χ3n) is 1.78. The lowest BCUT2D eigenvalue weighted by Crippen LogP contribution is -2.36. The van der Waals surface area contributed by atoms with Crippen LogP contribution in [0.3, 0.4) is 0 Å². The molecule has 4 heteroatoms. The Bertz CT molecular complexity index is 107. The van der Waals surface area contributed by atoms with E-state index in [1.54, 1.807) is 0 Å². The summed E-state index contributed by atoms with van der Waals surface area (Å²) >= 11 is 1.93. The zero-order valence-electron chi connectivity index (χ0n) is 6.49. The molecule has 0 aromatic rings. The van der Waals surface area contributed by atoms with Gasteiger partial charge in [0.15, 0.2) is 0 Å². The summed E-state index contributed by atoms with van der Waals surface area (Å²) in [5, 5.41) is 20.7. The Hall–Kier alpha value is 0.230. The topological polar surface area (TPSA) is 52.5 Å². The summed E-state index contributed by atoms with van der Waals surface area (Å²) in [7, 11) is 0. The second kappa shape index (κ2) is 4.98. The van der Waals surface area contributed by atoms with Crippen LogP contribution in [0.4, 0.5) is 0 Å². The molecule has 2 unspecified atom stereocenters. The zero-order valence-corrected chi connectivity index (χ0v) is 7.31. The number of aliphatic hydroxyl groups excluding tert-OH is 2. The second-order valence-electron chi connectivity index (χ2n) is 2.81. The highest BCUT2D eigenvalue weighted by Gasteiger charge is 2.15. The first kappa shape index (κ1) is 9.32. The van der Waals surface area contributed by atoms with Gasteiger partial charge in [0.2, 0.25) is 0 Å². The van der Waals surface area contributed by atoms with Crippen LogP contribution < -0.4 is 5.32 Å². The summed E-state index contributed by atoms with van der Waals surface area (Å²) in [6.45, 7) is 0.370. The van der Waals surface area contributed by atoms with Crippen molar-refractivity contribution in [3.05, 3.63) is 0 Å². The molecule has 2 atom stereocenters. The quantitative estimate of drug-likeness (QED) is 0.538. The molecule has 0 aromatic carbocycles. The Labute approximate surface area is 71.2 Å². The van der Waals surface area contributed by atoms with Crippen molar-refractivity contribution in [2.75, 3.05) is 24.7 Å². The Balaban J connectivity index is 2.01. The lowest BCUT2D eigenvalue weighted by Gasteiger charge is -2.13. The van der Waals surface area contributed by atoms with Crippen LogP contribution in [-0.4, -0.2) is 47.0 Å². The van der Waals surface area contributed by atoms with Crippen molar-refractivity contribution in [3.8, 4) is 0 Å². The first-order valence-corrected chi connectivity index (χ1v) is 5.08. The van der Waals surface area contributed by atoms with Crippen LogP contribution in [0.25, 0.3) is 0 Å². The largest absolute Gasteiger partial charge is 0.394 e. The molecule has 1 fully saturated rings. The summed E-state index contributed by atoms with van der Waals surface area (Å²) in [5.74, 6) is 2.35. The molecule has 66 valence electrons. The van der Waals surface area contributed by atoms with Crippen LogP contribution in [0, 0.1) is 0 Å². The second-order valence-corrected chi connectivity index (χ2v) is 3.95. The van der Waals surface area contributed by atoms with Crippen LogP contribution in [0.1, 0.15) is 6.42 Å². The number of rotatable bonds is 4. The number of thioether (sulfide) groups is 1. The van der Waals surface area contributed by atoms with Gasteiger partial charge in [-0.05, 0) is 12.2 Å². The Kier molecular flexibility index (Phi) is 4.22. The van der Waals surface area contributed by atoms with Gasteiger partial charge in [-0.1, -0.05) is 0 Å². The van der Waals surface area contributed by atoms with E-state index in [-0.39, 0.29) is 6.61 Å². The van der Waals surface area contributed by atoms with E-state index in [9.17, 15) is 0 Å². The van der Waals surface area contributed by atoms with E-state index >= 15 is 0 Å². The van der Waals surface area contributed by atoms with Gasteiger partial charge >= 0.3 is 0 Å². The van der Waals surface area contributed by atoms with Gasteiger partial charge in [0.05, 0.1) is 12.7 Å². The lowest BCUT2D eigenvalue weighted by atomic mass is 10.2. The van der Waals surface area contributed by atoms with E-state index in [4.69, 9.17) is 10.2 Å². The van der Waals surface area contributed by atoms with Crippen molar-refractivity contribution < 1.29 is 10.2 Å². The van der Waals surface area contributed by atoms with Crippen LogP contribution in [0.15, 0.2) is 0 Å². The summed E-state index contributed by atoms with van der Waals surface area (Å²) in [6, 6.07) is 0.543. The maximum atomic E-state index is 9.00. The molecule has 0 aromatic heterocycles. The van der Waals surface area contributed by atoms with Gasteiger partial charge in [0.1, 0.15) is 0 Å².